The number of carbonyl (C=O) groups is 3. The zero-order valence-electron chi connectivity index (χ0n) is 12.6. The van der Waals surface area contributed by atoms with Crippen molar-refractivity contribution in [1.29, 1.82) is 0 Å². The zero-order valence-corrected chi connectivity index (χ0v) is 13.4. The summed E-state index contributed by atoms with van der Waals surface area (Å²) in [6.45, 7) is 1.31. The maximum Gasteiger partial charge on any atom is 0.434 e. The second-order valence-corrected chi connectivity index (χ2v) is 6.08. The van der Waals surface area contributed by atoms with E-state index in [4.69, 9.17) is 0 Å². The minimum absolute atomic E-state index is 0.181. The predicted molar refractivity (Wildman–Crippen MR) is 82.1 cm³/mol. The molecule has 6 nitrogen and oxygen atoms in total. The summed E-state index contributed by atoms with van der Waals surface area (Å²) < 4.78 is 37.6. The van der Waals surface area contributed by atoms with Crippen LogP contribution in [-0.4, -0.2) is 33.6 Å². The summed E-state index contributed by atoms with van der Waals surface area (Å²) in [6.07, 6.45) is -4.62. The summed E-state index contributed by atoms with van der Waals surface area (Å²) in [5.41, 5.74) is -0.761. The van der Waals surface area contributed by atoms with Crippen LogP contribution in [-0.2, 0) is 11.0 Å². The second kappa shape index (κ2) is 5.96. The van der Waals surface area contributed by atoms with Crippen LogP contribution in [0.15, 0.2) is 29.6 Å². The van der Waals surface area contributed by atoms with Crippen LogP contribution in [0.5, 0.6) is 0 Å². The van der Waals surface area contributed by atoms with Gasteiger partial charge >= 0.3 is 6.18 Å². The predicted octanol–water partition coefficient (Wildman–Crippen LogP) is 2.79. The number of nitrogens with zero attached hydrogens (tertiary/aromatic N) is 2. The van der Waals surface area contributed by atoms with Crippen LogP contribution in [0, 0.1) is 0 Å². The standard InChI is InChI=1S/C15H10F3N3O3S/c1-7(11(22)20-14-19-10(6-25-14)15(16,17)18)21-12(23)8-4-2-3-5-9(8)13(21)24/h2-7H,1H3,(H,19,20,22). The van der Waals surface area contributed by atoms with E-state index in [1.807, 2.05) is 0 Å². The Labute approximate surface area is 143 Å². The van der Waals surface area contributed by atoms with Crippen molar-refractivity contribution in [2.24, 2.45) is 0 Å². The number of thiazole rings is 1. The molecule has 130 valence electrons. The van der Waals surface area contributed by atoms with E-state index in [1.54, 1.807) is 12.1 Å². The Balaban J connectivity index is 1.77. The van der Waals surface area contributed by atoms with Crippen molar-refractivity contribution in [3.05, 3.63) is 46.5 Å². The Bertz CT molecular complexity index is 843. The van der Waals surface area contributed by atoms with E-state index in [9.17, 15) is 27.6 Å². The molecule has 1 N–H and O–H groups in total. The molecule has 0 aliphatic carbocycles. The van der Waals surface area contributed by atoms with Crippen molar-refractivity contribution in [3.63, 3.8) is 0 Å². The highest BCUT2D eigenvalue weighted by molar-refractivity contribution is 7.13. The minimum atomic E-state index is -4.62. The Morgan fingerprint density at radius 3 is 2.24 bits per heavy atom. The summed E-state index contributed by atoms with van der Waals surface area (Å²) in [7, 11) is 0. The Morgan fingerprint density at radius 1 is 1.20 bits per heavy atom. The van der Waals surface area contributed by atoms with Crippen LogP contribution >= 0.6 is 11.3 Å². The van der Waals surface area contributed by atoms with Crippen LogP contribution in [0.2, 0.25) is 0 Å². The second-order valence-electron chi connectivity index (χ2n) is 5.23. The molecule has 3 amide bonds. The van der Waals surface area contributed by atoms with E-state index in [1.165, 1.54) is 19.1 Å². The molecule has 0 radical (unpaired) electrons. The van der Waals surface area contributed by atoms with Crippen LogP contribution in [0.1, 0.15) is 33.3 Å². The molecular weight excluding hydrogens is 359 g/mol. The van der Waals surface area contributed by atoms with Gasteiger partial charge in [0.15, 0.2) is 10.8 Å². The molecular formula is C15H10F3N3O3S. The van der Waals surface area contributed by atoms with Gasteiger partial charge in [0.2, 0.25) is 5.91 Å². The molecule has 1 aliphatic heterocycles. The van der Waals surface area contributed by atoms with Crippen molar-refractivity contribution in [1.82, 2.24) is 9.88 Å². The van der Waals surface area contributed by atoms with E-state index < -0.39 is 35.6 Å². The number of anilines is 1. The number of amides is 3. The van der Waals surface area contributed by atoms with Crippen molar-refractivity contribution >= 4 is 34.2 Å². The molecule has 1 aliphatic rings. The fourth-order valence-electron chi connectivity index (χ4n) is 2.35. The Morgan fingerprint density at radius 2 is 1.76 bits per heavy atom. The summed E-state index contributed by atoms with van der Waals surface area (Å²) in [5, 5.41) is 2.70. The van der Waals surface area contributed by atoms with Gasteiger partial charge in [-0.05, 0) is 19.1 Å². The highest BCUT2D eigenvalue weighted by Crippen LogP contribution is 2.32. The molecule has 0 fully saturated rings. The molecule has 1 unspecified atom stereocenters. The maximum absolute atomic E-state index is 12.5. The van der Waals surface area contributed by atoms with Crippen LogP contribution in [0.25, 0.3) is 0 Å². The van der Waals surface area contributed by atoms with Gasteiger partial charge in [0, 0.05) is 5.38 Å². The van der Waals surface area contributed by atoms with Gasteiger partial charge in [-0.25, -0.2) is 4.98 Å². The first-order chi connectivity index (χ1) is 11.7. The number of hydrogen-bond donors (Lipinski definition) is 1. The number of benzene rings is 1. The fraction of sp³-hybridized carbons (Fsp3) is 0.200. The largest absolute Gasteiger partial charge is 0.434 e. The summed E-state index contributed by atoms with van der Waals surface area (Å²) in [4.78, 5) is 40.9. The molecule has 0 saturated carbocycles. The lowest BCUT2D eigenvalue weighted by Crippen LogP contribution is -2.45. The van der Waals surface area contributed by atoms with Gasteiger partial charge in [-0.2, -0.15) is 13.2 Å². The summed E-state index contributed by atoms with van der Waals surface area (Å²) >= 11 is 0.602. The Kier molecular flexibility index (Phi) is 4.07. The highest BCUT2D eigenvalue weighted by Gasteiger charge is 2.41. The molecule has 2 aromatic rings. The monoisotopic (exact) mass is 369 g/mol. The maximum atomic E-state index is 12.5. The molecule has 10 heteroatoms. The third-order valence-electron chi connectivity index (χ3n) is 3.62. The molecule has 0 bridgehead atoms. The third kappa shape index (κ3) is 3.00. The molecule has 2 heterocycles. The van der Waals surface area contributed by atoms with Gasteiger partial charge < -0.3 is 5.32 Å². The smallest absolute Gasteiger partial charge is 0.300 e. The van der Waals surface area contributed by atoms with E-state index >= 15 is 0 Å². The number of aromatic nitrogens is 1. The molecule has 1 aromatic carbocycles. The number of imide groups is 1. The summed E-state index contributed by atoms with van der Waals surface area (Å²) in [6, 6.07) is 4.91. The molecule has 1 aromatic heterocycles. The third-order valence-corrected chi connectivity index (χ3v) is 4.37. The number of alkyl halides is 3. The van der Waals surface area contributed by atoms with Crippen molar-refractivity contribution in [3.8, 4) is 0 Å². The molecule has 25 heavy (non-hydrogen) atoms. The van der Waals surface area contributed by atoms with Gasteiger partial charge in [-0.1, -0.05) is 12.1 Å². The number of hydrogen-bond acceptors (Lipinski definition) is 5. The van der Waals surface area contributed by atoms with Crippen molar-refractivity contribution < 1.29 is 27.6 Å². The zero-order chi connectivity index (χ0) is 18.4. The number of nitrogens with one attached hydrogen (secondary N) is 1. The Hall–Kier alpha value is -2.75. The van der Waals surface area contributed by atoms with Gasteiger partial charge in [0.05, 0.1) is 11.1 Å². The van der Waals surface area contributed by atoms with E-state index in [-0.39, 0.29) is 16.3 Å². The molecule has 1 atom stereocenters. The first-order valence-corrected chi connectivity index (χ1v) is 7.88. The number of carbonyl (C=O) groups excluding carboxylic acids is 3. The minimum Gasteiger partial charge on any atom is -0.300 e. The number of fused-ring (bicyclic) bond motifs is 1. The lowest BCUT2D eigenvalue weighted by Gasteiger charge is -2.21. The van der Waals surface area contributed by atoms with E-state index in [0.29, 0.717) is 11.3 Å². The average molecular weight is 369 g/mol. The quantitative estimate of drug-likeness (QED) is 0.844. The van der Waals surface area contributed by atoms with Gasteiger partial charge in [-0.3, -0.25) is 19.3 Å². The normalized spacial score (nSPS) is 15.3. The van der Waals surface area contributed by atoms with E-state index in [0.717, 1.165) is 10.3 Å². The van der Waals surface area contributed by atoms with Crippen LogP contribution in [0.4, 0.5) is 18.3 Å². The molecule has 0 spiro atoms. The first kappa shape index (κ1) is 17.1. The number of rotatable bonds is 3. The number of halogens is 3. The van der Waals surface area contributed by atoms with Crippen LogP contribution in [0.3, 0.4) is 0 Å². The first-order valence-electron chi connectivity index (χ1n) is 7.00. The van der Waals surface area contributed by atoms with Gasteiger partial charge in [0.25, 0.3) is 11.8 Å². The molecule has 0 saturated heterocycles. The lowest BCUT2D eigenvalue weighted by molar-refractivity contribution is -0.140. The average Bonchev–Trinajstić information content (AvgIpc) is 3.11. The SMILES string of the molecule is CC(C(=O)Nc1nc(C(F)(F)F)cs1)N1C(=O)c2ccccc2C1=O. The molecule has 3 rings (SSSR count). The fourth-order valence-corrected chi connectivity index (χ4v) is 3.07. The summed E-state index contributed by atoms with van der Waals surface area (Å²) in [5.74, 6) is -2.06. The van der Waals surface area contributed by atoms with Crippen molar-refractivity contribution in [2.45, 2.75) is 19.1 Å². The van der Waals surface area contributed by atoms with E-state index in [2.05, 4.69) is 10.3 Å². The van der Waals surface area contributed by atoms with Crippen molar-refractivity contribution in [2.75, 3.05) is 5.32 Å². The highest BCUT2D eigenvalue weighted by atomic mass is 32.1. The van der Waals surface area contributed by atoms with Crippen LogP contribution < -0.4 is 5.32 Å². The lowest BCUT2D eigenvalue weighted by atomic mass is 10.1. The van der Waals surface area contributed by atoms with Gasteiger partial charge in [-0.15, -0.1) is 11.3 Å². The topological polar surface area (TPSA) is 79.4 Å². The van der Waals surface area contributed by atoms with Gasteiger partial charge in [0.1, 0.15) is 6.04 Å².